The summed E-state index contributed by atoms with van der Waals surface area (Å²) in [6.07, 6.45) is 3.84. The lowest BCUT2D eigenvalue weighted by molar-refractivity contribution is 0.291. The number of anilines is 1. The molecule has 4 heteroatoms. The Bertz CT molecular complexity index is 252. The first-order valence-electron chi connectivity index (χ1n) is 5.23. The summed E-state index contributed by atoms with van der Waals surface area (Å²) in [5, 5.41) is 3.07. The monoisotopic (exact) mass is 196 g/mol. The summed E-state index contributed by atoms with van der Waals surface area (Å²) >= 11 is 0. The third-order valence-electron chi connectivity index (χ3n) is 2.49. The van der Waals surface area contributed by atoms with Crippen LogP contribution in [0.3, 0.4) is 0 Å². The molecule has 4 nitrogen and oxygen atoms in total. The van der Waals surface area contributed by atoms with E-state index in [0.717, 1.165) is 32.1 Å². The van der Waals surface area contributed by atoms with Gasteiger partial charge in [0.15, 0.2) is 0 Å². The lowest BCUT2D eigenvalue weighted by atomic mass is 10.4. The molecule has 0 saturated heterocycles. The highest BCUT2D eigenvalue weighted by Crippen LogP contribution is 2.02. The minimum Gasteiger partial charge on any atom is -0.359 e. The molecule has 0 radical (unpaired) electrons. The topological polar surface area (TPSA) is 33.1 Å². The molecular weight excluding hydrogens is 176 g/mol. The fourth-order valence-electron chi connectivity index (χ4n) is 1.51. The van der Waals surface area contributed by atoms with Crippen molar-refractivity contribution < 1.29 is 0 Å². The van der Waals surface area contributed by atoms with Gasteiger partial charge in [-0.2, -0.15) is 0 Å². The van der Waals surface area contributed by atoms with Crippen LogP contribution in [0.2, 0.25) is 0 Å². The second-order valence-electron chi connectivity index (χ2n) is 3.22. The highest BCUT2D eigenvalue weighted by Gasteiger charge is 2.02. The molecule has 14 heavy (non-hydrogen) atoms. The van der Waals surface area contributed by atoms with Crippen molar-refractivity contribution in [2.24, 2.45) is 0 Å². The second kappa shape index (κ2) is 5.65. The van der Waals surface area contributed by atoms with Gasteiger partial charge in [0.1, 0.15) is 0 Å². The Morgan fingerprint density at radius 3 is 2.71 bits per heavy atom. The Balaban J connectivity index is 2.44. The largest absolute Gasteiger partial charge is 0.359 e. The predicted molar refractivity (Wildman–Crippen MR) is 59.6 cm³/mol. The van der Waals surface area contributed by atoms with Crippen molar-refractivity contribution >= 4 is 5.95 Å². The van der Waals surface area contributed by atoms with Crippen LogP contribution >= 0.6 is 0 Å². The number of imidazole rings is 1. The fourth-order valence-corrected chi connectivity index (χ4v) is 1.51. The van der Waals surface area contributed by atoms with Crippen molar-refractivity contribution in [3.63, 3.8) is 0 Å². The molecule has 0 unspecified atom stereocenters. The maximum atomic E-state index is 4.20. The molecule has 1 aromatic heterocycles. The highest BCUT2D eigenvalue weighted by molar-refractivity contribution is 5.23. The smallest absolute Gasteiger partial charge is 0.202 e. The van der Waals surface area contributed by atoms with Crippen molar-refractivity contribution in [1.82, 2.24) is 14.5 Å². The van der Waals surface area contributed by atoms with Gasteiger partial charge in [-0.15, -0.1) is 0 Å². The van der Waals surface area contributed by atoms with E-state index in [2.05, 4.69) is 33.6 Å². The van der Waals surface area contributed by atoms with E-state index in [4.69, 9.17) is 0 Å². The highest BCUT2D eigenvalue weighted by atomic mass is 15.2. The minimum atomic E-state index is 0.942. The van der Waals surface area contributed by atoms with Crippen LogP contribution < -0.4 is 5.32 Å². The lowest BCUT2D eigenvalue weighted by Gasteiger charge is -2.18. The standard InChI is InChI=1S/C10H20N4/c1-4-13(5-2)8-9-14-7-6-12-10(14)11-3/h6-7H,4-5,8-9H2,1-3H3,(H,11,12). The molecule has 0 amide bonds. The van der Waals surface area contributed by atoms with E-state index in [1.807, 2.05) is 19.4 Å². The van der Waals surface area contributed by atoms with E-state index in [9.17, 15) is 0 Å². The van der Waals surface area contributed by atoms with Gasteiger partial charge in [-0.3, -0.25) is 0 Å². The number of aromatic nitrogens is 2. The van der Waals surface area contributed by atoms with Crippen molar-refractivity contribution in [3.05, 3.63) is 12.4 Å². The summed E-state index contributed by atoms with van der Waals surface area (Å²) in [5.41, 5.74) is 0. The Morgan fingerprint density at radius 1 is 1.43 bits per heavy atom. The Kier molecular flexibility index (Phi) is 4.46. The van der Waals surface area contributed by atoms with E-state index >= 15 is 0 Å². The fraction of sp³-hybridized carbons (Fsp3) is 0.700. The first-order chi connectivity index (χ1) is 6.81. The molecule has 1 N–H and O–H groups in total. The van der Waals surface area contributed by atoms with Gasteiger partial charge >= 0.3 is 0 Å². The maximum Gasteiger partial charge on any atom is 0.202 e. The average Bonchev–Trinajstić information content (AvgIpc) is 2.67. The summed E-state index contributed by atoms with van der Waals surface area (Å²) < 4.78 is 2.14. The zero-order valence-electron chi connectivity index (χ0n) is 9.32. The molecule has 1 rings (SSSR count). The quantitative estimate of drug-likeness (QED) is 0.743. The van der Waals surface area contributed by atoms with Crippen LogP contribution in [0.4, 0.5) is 5.95 Å². The van der Waals surface area contributed by atoms with Crippen LogP contribution in [0.1, 0.15) is 13.8 Å². The van der Waals surface area contributed by atoms with E-state index < -0.39 is 0 Å². The van der Waals surface area contributed by atoms with Crippen LogP contribution in [-0.4, -0.2) is 41.1 Å². The number of likely N-dealkylation sites (N-methyl/N-ethyl adjacent to an activating group) is 1. The van der Waals surface area contributed by atoms with Crippen molar-refractivity contribution in [2.45, 2.75) is 20.4 Å². The summed E-state index contributed by atoms with van der Waals surface area (Å²) in [7, 11) is 1.90. The normalized spacial score (nSPS) is 10.9. The van der Waals surface area contributed by atoms with Crippen LogP contribution in [0.25, 0.3) is 0 Å². The Labute approximate surface area is 85.9 Å². The zero-order valence-corrected chi connectivity index (χ0v) is 9.32. The molecule has 0 saturated carbocycles. The first-order valence-corrected chi connectivity index (χ1v) is 5.23. The third kappa shape index (κ3) is 2.73. The van der Waals surface area contributed by atoms with Gasteiger partial charge in [0, 0.05) is 32.5 Å². The summed E-state index contributed by atoms with van der Waals surface area (Å²) in [5.74, 6) is 0.942. The molecule has 0 atom stereocenters. The van der Waals surface area contributed by atoms with Gasteiger partial charge in [-0.25, -0.2) is 4.98 Å². The molecule has 0 aromatic carbocycles. The minimum absolute atomic E-state index is 0.942. The number of nitrogens with one attached hydrogen (secondary N) is 1. The second-order valence-corrected chi connectivity index (χ2v) is 3.22. The van der Waals surface area contributed by atoms with Crippen molar-refractivity contribution in [2.75, 3.05) is 32.0 Å². The molecule has 0 bridgehead atoms. The van der Waals surface area contributed by atoms with E-state index in [1.54, 1.807) is 0 Å². The van der Waals surface area contributed by atoms with Gasteiger partial charge in [0.2, 0.25) is 5.95 Å². The number of hydrogen-bond donors (Lipinski definition) is 1. The van der Waals surface area contributed by atoms with Crippen LogP contribution in [0, 0.1) is 0 Å². The summed E-state index contributed by atoms with van der Waals surface area (Å²) in [6.45, 7) is 8.68. The Hall–Kier alpha value is -1.03. The summed E-state index contributed by atoms with van der Waals surface area (Å²) in [4.78, 5) is 6.60. The molecule has 80 valence electrons. The first kappa shape index (κ1) is 11.0. The van der Waals surface area contributed by atoms with E-state index in [1.165, 1.54) is 0 Å². The van der Waals surface area contributed by atoms with Crippen LogP contribution in [0.15, 0.2) is 12.4 Å². The zero-order chi connectivity index (χ0) is 10.4. The molecule has 0 aliphatic carbocycles. The van der Waals surface area contributed by atoms with Gasteiger partial charge in [-0.05, 0) is 13.1 Å². The number of hydrogen-bond acceptors (Lipinski definition) is 3. The van der Waals surface area contributed by atoms with Gasteiger partial charge in [0.05, 0.1) is 0 Å². The van der Waals surface area contributed by atoms with Gasteiger partial charge < -0.3 is 14.8 Å². The van der Waals surface area contributed by atoms with Crippen LogP contribution in [-0.2, 0) is 6.54 Å². The van der Waals surface area contributed by atoms with Gasteiger partial charge in [0.25, 0.3) is 0 Å². The third-order valence-corrected chi connectivity index (χ3v) is 2.49. The summed E-state index contributed by atoms with van der Waals surface area (Å²) in [6, 6.07) is 0. The lowest BCUT2D eigenvalue weighted by Crippen LogP contribution is -2.27. The molecule has 0 aliphatic heterocycles. The molecule has 0 fully saturated rings. The van der Waals surface area contributed by atoms with E-state index in [-0.39, 0.29) is 0 Å². The molecule has 0 aliphatic rings. The van der Waals surface area contributed by atoms with Crippen LogP contribution in [0.5, 0.6) is 0 Å². The maximum absolute atomic E-state index is 4.20. The van der Waals surface area contributed by atoms with E-state index in [0.29, 0.717) is 0 Å². The molecular formula is C10H20N4. The average molecular weight is 196 g/mol. The number of nitrogens with zero attached hydrogens (tertiary/aromatic N) is 3. The number of rotatable bonds is 6. The predicted octanol–water partition coefficient (Wildman–Crippen LogP) is 1.27. The molecule has 1 heterocycles. The molecule has 1 aromatic rings. The van der Waals surface area contributed by atoms with Crippen molar-refractivity contribution in [3.8, 4) is 0 Å². The Morgan fingerprint density at radius 2 is 2.14 bits per heavy atom. The van der Waals surface area contributed by atoms with Crippen molar-refractivity contribution in [1.29, 1.82) is 0 Å². The molecule has 0 spiro atoms. The SMILES string of the molecule is CCN(CC)CCn1ccnc1NC. The van der Waals surface area contributed by atoms with Gasteiger partial charge in [-0.1, -0.05) is 13.8 Å².